The number of aromatic nitrogens is 1. The Kier molecular flexibility index (Phi) is 5.86. The number of rotatable bonds is 6. The van der Waals surface area contributed by atoms with Crippen LogP contribution < -0.4 is 5.32 Å². The van der Waals surface area contributed by atoms with Gasteiger partial charge in [0.25, 0.3) is 5.91 Å². The van der Waals surface area contributed by atoms with Crippen molar-refractivity contribution in [3.05, 3.63) is 75.9 Å². The number of esters is 1. The maximum Gasteiger partial charge on any atom is 0.361 e. The zero-order valence-electron chi connectivity index (χ0n) is 15.9. The third-order valence-corrected chi connectivity index (χ3v) is 4.07. The minimum atomic E-state index is -1.25. The van der Waals surface area contributed by atoms with Gasteiger partial charge in [0.05, 0.1) is 4.92 Å². The van der Waals surface area contributed by atoms with Crippen LogP contribution >= 0.6 is 0 Å². The molecule has 1 amide bonds. The largest absolute Gasteiger partial charge is 0.448 e. The number of hydrogen-bond acceptors (Lipinski definition) is 7. The Bertz CT molecular complexity index is 1110. The summed E-state index contributed by atoms with van der Waals surface area (Å²) in [6, 6.07) is 11.8. The number of hydrogen-bond donors (Lipinski definition) is 1. The van der Waals surface area contributed by atoms with E-state index in [1.807, 2.05) is 6.07 Å². The molecule has 0 aliphatic rings. The summed E-state index contributed by atoms with van der Waals surface area (Å²) in [6.07, 6.45) is -1.25. The summed E-state index contributed by atoms with van der Waals surface area (Å²) in [5.74, 6) is -2.20. The van der Waals surface area contributed by atoms with E-state index in [1.54, 1.807) is 31.2 Å². The van der Waals surface area contributed by atoms with Crippen molar-refractivity contribution in [3.63, 3.8) is 0 Å². The molecular weight excluding hydrogens is 397 g/mol. The summed E-state index contributed by atoms with van der Waals surface area (Å²) in [5.41, 5.74) is -0.210. The van der Waals surface area contributed by atoms with Crippen LogP contribution in [0, 0.1) is 22.9 Å². The van der Waals surface area contributed by atoms with Gasteiger partial charge in [-0.2, -0.15) is 4.39 Å². The summed E-state index contributed by atoms with van der Waals surface area (Å²) in [7, 11) is 0. The van der Waals surface area contributed by atoms with E-state index in [4.69, 9.17) is 9.15 Å². The van der Waals surface area contributed by atoms with E-state index in [2.05, 4.69) is 10.3 Å². The van der Waals surface area contributed by atoms with Crippen molar-refractivity contribution in [1.29, 1.82) is 0 Å². The van der Waals surface area contributed by atoms with E-state index in [-0.39, 0.29) is 23.0 Å². The van der Waals surface area contributed by atoms with Crippen molar-refractivity contribution in [1.82, 2.24) is 4.98 Å². The third-order valence-electron chi connectivity index (χ3n) is 4.07. The number of benzene rings is 2. The Morgan fingerprint density at radius 2 is 1.93 bits per heavy atom. The van der Waals surface area contributed by atoms with Crippen LogP contribution in [0.5, 0.6) is 0 Å². The Morgan fingerprint density at radius 1 is 1.23 bits per heavy atom. The molecule has 0 aliphatic carbocycles. The molecule has 30 heavy (non-hydrogen) atoms. The summed E-state index contributed by atoms with van der Waals surface area (Å²) < 4.78 is 24.0. The fourth-order valence-corrected chi connectivity index (χ4v) is 2.53. The maximum absolute atomic E-state index is 13.4. The predicted octanol–water partition coefficient (Wildman–Crippen LogP) is 3.88. The molecule has 0 bridgehead atoms. The maximum atomic E-state index is 13.4. The lowest BCUT2D eigenvalue weighted by Crippen LogP contribution is -2.30. The predicted molar refractivity (Wildman–Crippen MR) is 103 cm³/mol. The Labute approximate surface area is 169 Å². The zero-order chi connectivity index (χ0) is 21.8. The highest BCUT2D eigenvalue weighted by molar-refractivity contribution is 5.97. The monoisotopic (exact) mass is 413 g/mol. The summed E-state index contributed by atoms with van der Waals surface area (Å²) in [5, 5.41) is 13.1. The molecule has 3 rings (SSSR count). The van der Waals surface area contributed by atoms with Crippen molar-refractivity contribution < 1.29 is 28.1 Å². The van der Waals surface area contributed by atoms with Crippen molar-refractivity contribution in [3.8, 4) is 11.5 Å². The normalized spacial score (nSPS) is 11.6. The summed E-state index contributed by atoms with van der Waals surface area (Å²) in [4.78, 5) is 38.7. The topological polar surface area (TPSA) is 125 Å². The van der Waals surface area contributed by atoms with Crippen molar-refractivity contribution in [2.45, 2.75) is 20.0 Å². The molecular formula is C20H16FN3O6. The van der Waals surface area contributed by atoms with E-state index in [0.29, 0.717) is 5.56 Å². The molecule has 0 saturated heterocycles. The number of aryl methyl sites for hydroxylation is 1. The third kappa shape index (κ3) is 4.49. The molecule has 1 heterocycles. The molecule has 3 aromatic rings. The molecule has 0 radical (unpaired) electrons. The van der Waals surface area contributed by atoms with Crippen LogP contribution in [0.1, 0.15) is 23.2 Å². The van der Waals surface area contributed by atoms with Crippen LogP contribution in [0.2, 0.25) is 0 Å². The molecule has 9 nitrogen and oxygen atoms in total. The first-order valence-corrected chi connectivity index (χ1v) is 8.75. The first-order chi connectivity index (χ1) is 14.3. The molecule has 1 atom stereocenters. The second kappa shape index (κ2) is 8.52. The lowest BCUT2D eigenvalue weighted by Gasteiger charge is -2.13. The molecule has 0 saturated carbocycles. The van der Waals surface area contributed by atoms with Gasteiger partial charge in [-0.25, -0.2) is 9.78 Å². The molecule has 154 valence electrons. The smallest absolute Gasteiger partial charge is 0.361 e. The van der Waals surface area contributed by atoms with E-state index in [0.717, 1.165) is 18.2 Å². The number of nitro groups is 1. The van der Waals surface area contributed by atoms with Crippen LogP contribution in [0.3, 0.4) is 0 Å². The van der Waals surface area contributed by atoms with Crippen molar-refractivity contribution >= 4 is 23.3 Å². The molecule has 0 fully saturated rings. The number of ether oxygens (including phenoxy) is 1. The Balaban J connectivity index is 1.69. The van der Waals surface area contributed by atoms with Gasteiger partial charge >= 0.3 is 11.7 Å². The molecule has 0 aliphatic heterocycles. The number of oxazole rings is 1. The molecule has 1 N–H and O–H groups in total. The van der Waals surface area contributed by atoms with E-state index >= 15 is 0 Å². The van der Waals surface area contributed by atoms with Gasteiger partial charge < -0.3 is 14.5 Å². The average molecular weight is 413 g/mol. The highest BCUT2D eigenvalue weighted by Crippen LogP contribution is 2.23. The fourth-order valence-electron chi connectivity index (χ4n) is 2.53. The first kappa shape index (κ1) is 20.6. The van der Waals surface area contributed by atoms with Gasteiger partial charge in [-0.3, -0.25) is 14.9 Å². The number of nitrogens with zero attached hydrogens (tertiary/aromatic N) is 2. The van der Waals surface area contributed by atoms with Gasteiger partial charge in [-0.15, -0.1) is 0 Å². The van der Waals surface area contributed by atoms with Crippen LogP contribution in [0.15, 0.2) is 52.9 Å². The van der Waals surface area contributed by atoms with Gasteiger partial charge in [-0.1, -0.05) is 18.2 Å². The molecule has 1 unspecified atom stereocenters. The van der Waals surface area contributed by atoms with Crippen LogP contribution in [0.4, 0.5) is 15.8 Å². The quantitative estimate of drug-likeness (QED) is 0.369. The second-order valence-corrected chi connectivity index (χ2v) is 6.25. The lowest BCUT2D eigenvalue weighted by atomic mass is 10.2. The Hall–Kier alpha value is -4.08. The van der Waals surface area contributed by atoms with Crippen LogP contribution in [-0.2, 0) is 9.53 Å². The molecule has 1 aromatic heterocycles. The number of amides is 1. The summed E-state index contributed by atoms with van der Waals surface area (Å²) >= 11 is 0. The number of halogens is 1. The van der Waals surface area contributed by atoms with Gasteiger partial charge in [0.2, 0.25) is 11.7 Å². The standard InChI is InChI=1S/C20H16FN3O6/c1-11-17(23-19(29-11)13-6-4-3-5-7-13)20(26)30-12(2)18(25)22-14-8-9-15(21)16(10-14)24(27)28/h3-10,12H,1-2H3,(H,22,25). The van der Waals surface area contributed by atoms with Gasteiger partial charge in [0.15, 0.2) is 11.8 Å². The minimum Gasteiger partial charge on any atom is -0.448 e. The van der Waals surface area contributed by atoms with Crippen molar-refractivity contribution in [2.24, 2.45) is 0 Å². The SMILES string of the molecule is Cc1oc(-c2ccccc2)nc1C(=O)OC(C)C(=O)Nc1ccc(F)c([N+](=O)[O-])c1. The van der Waals surface area contributed by atoms with Gasteiger partial charge in [-0.05, 0) is 38.1 Å². The number of carbonyl (C=O) groups excluding carboxylic acids is 2. The van der Waals surface area contributed by atoms with Gasteiger partial charge in [0, 0.05) is 17.3 Å². The second-order valence-electron chi connectivity index (χ2n) is 6.25. The molecule has 0 spiro atoms. The average Bonchev–Trinajstić information content (AvgIpc) is 3.11. The highest BCUT2D eigenvalue weighted by atomic mass is 19.1. The number of anilines is 1. The van der Waals surface area contributed by atoms with E-state index < -0.39 is 34.4 Å². The molecule has 10 heteroatoms. The van der Waals surface area contributed by atoms with Gasteiger partial charge in [0.1, 0.15) is 5.76 Å². The fraction of sp³-hybridized carbons (Fsp3) is 0.150. The van der Waals surface area contributed by atoms with Crippen LogP contribution in [-0.4, -0.2) is 27.9 Å². The first-order valence-electron chi connectivity index (χ1n) is 8.75. The highest BCUT2D eigenvalue weighted by Gasteiger charge is 2.25. The summed E-state index contributed by atoms with van der Waals surface area (Å²) in [6.45, 7) is 2.86. The zero-order valence-corrected chi connectivity index (χ0v) is 15.9. The number of nitrogens with one attached hydrogen (secondary N) is 1. The Morgan fingerprint density at radius 3 is 2.60 bits per heavy atom. The minimum absolute atomic E-state index is 0.0139. The van der Waals surface area contributed by atoms with Crippen LogP contribution in [0.25, 0.3) is 11.5 Å². The molecule has 2 aromatic carbocycles. The number of nitro benzene ring substituents is 1. The van der Waals surface area contributed by atoms with E-state index in [1.165, 1.54) is 6.92 Å². The van der Waals surface area contributed by atoms with E-state index in [9.17, 15) is 24.1 Å². The number of carbonyl (C=O) groups is 2. The lowest BCUT2D eigenvalue weighted by molar-refractivity contribution is -0.387. The van der Waals surface area contributed by atoms with Crippen molar-refractivity contribution in [2.75, 3.05) is 5.32 Å².